The van der Waals surface area contributed by atoms with Crippen molar-refractivity contribution >= 4 is 5.82 Å². The first-order chi connectivity index (χ1) is 9.79. The van der Waals surface area contributed by atoms with Crippen molar-refractivity contribution in [2.24, 2.45) is 0 Å². The highest BCUT2D eigenvalue weighted by molar-refractivity contribution is 5.78. The molecule has 0 aliphatic heterocycles. The zero-order valence-electron chi connectivity index (χ0n) is 10.5. The molecule has 0 aromatic carbocycles. The summed E-state index contributed by atoms with van der Waals surface area (Å²) in [5.74, 6) is 0.221. The predicted molar refractivity (Wildman–Crippen MR) is 76.4 cm³/mol. The van der Waals surface area contributed by atoms with Gasteiger partial charge in [0.15, 0.2) is 0 Å². The van der Waals surface area contributed by atoms with Crippen LogP contribution in [0.2, 0.25) is 0 Å². The molecule has 0 amide bonds. The third-order valence-corrected chi connectivity index (χ3v) is 3.00. The van der Waals surface area contributed by atoms with Crippen LogP contribution in [-0.2, 0) is 0 Å². The number of rotatable bonds is 2. The maximum Gasteiger partial charge on any atom is 0.142 e. The summed E-state index contributed by atoms with van der Waals surface area (Å²) in [4.78, 5) is 11.4. The molecule has 0 saturated carbocycles. The molecule has 96 valence electrons. The van der Waals surface area contributed by atoms with Gasteiger partial charge in [0.1, 0.15) is 17.5 Å². The van der Waals surface area contributed by atoms with Gasteiger partial charge in [-0.2, -0.15) is 5.26 Å². The van der Waals surface area contributed by atoms with Crippen molar-refractivity contribution in [1.82, 2.24) is 15.0 Å². The Kier molecular flexibility index (Phi) is 2.90. The third-order valence-electron chi connectivity index (χ3n) is 3.00. The molecule has 3 rings (SSSR count). The SMILES string of the molecule is N#Cc1c(-c2ccc[nH]2)cc(-c2cccnc2)nc1N. The first kappa shape index (κ1) is 11.9. The summed E-state index contributed by atoms with van der Waals surface area (Å²) in [6.45, 7) is 0. The average molecular weight is 261 g/mol. The second-order valence-electron chi connectivity index (χ2n) is 4.25. The predicted octanol–water partition coefficient (Wildman–Crippen LogP) is 2.59. The first-order valence-corrected chi connectivity index (χ1v) is 6.04. The Morgan fingerprint density at radius 3 is 2.80 bits per heavy atom. The quantitative estimate of drug-likeness (QED) is 0.741. The number of nitrogens with one attached hydrogen (secondary N) is 1. The van der Waals surface area contributed by atoms with E-state index in [0.717, 1.165) is 16.8 Å². The van der Waals surface area contributed by atoms with E-state index >= 15 is 0 Å². The van der Waals surface area contributed by atoms with Crippen molar-refractivity contribution < 1.29 is 0 Å². The molecule has 0 radical (unpaired) electrons. The van der Waals surface area contributed by atoms with Gasteiger partial charge in [-0.1, -0.05) is 0 Å². The summed E-state index contributed by atoms with van der Waals surface area (Å²) >= 11 is 0. The van der Waals surface area contributed by atoms with E-state index in [-0.39, 0.29) is 5.82 Å². The minimum absolute atomic E-state index is 0.221. The minimum atomic E-state index is 0.221. The second kappa shape index (κ2) is 4.86. The van der Waals surface area contributed by atoms with Crippen LogP contribution in [0.5, 0.6) is 0 Å². The highest BCUT2D eigenvalue weighted by Gasteiger charge is 2.13. The first-order valence-electron chi connectivity index (χ1n) is 6.04. The third kappa shape index (κ3) is 1.99. The van der Waals surface area contributed by atoms with E-state index in [0.29, 0.717) is 11.3 Å². The molecule has 5 nitrogen and oxygen atoms in total. The van der Waals surface area contributed by atoms with Crippen LogP contribution in [-0.4, -0.2) is 15.0 Å². The molecule has 5 heteroatoms. The number of anilines is 1. The van der Waals surface area contributed by atoms with Crippen LogP contribution in [0, 0.1) is 11.3 Å². The highest BCUT2D eigenvalue weighted by Crippen LogP contribution is 2.29. The fourth-order valence-electron chi connectivity index (χ4n) is 2.05. The van der Waals surface area contributed by atoms with Gasteiger partial charge in [0.25, 0.3) is 0 Å². The van der Waals surface area contributed by atoms with Crippen molar-refractivity contribution in [1.29, 1.82) is 5.26 Å². The van der Waals surface area contributed by atoms with E-state index < -0.39 is 0 Å². The van der Waals surface area contributed by atoms with Gasteiger partial charge in [0, 0.05) is 35.4 Å². The van der Waals surface area contributed by atoms with Crippen molar-refractivity contribution in [2.75, 3.05) is 5.73 Å². The molecule has 20 heavy (non-hydrogen) atoms. The summed E-state index contributed by atoms with van der Waals surface area (Å²) in [6, 6.07) is 11.5. The lowest BCUT2D eigenvalue weighted by Gasteiger charge is -2.08. The molecule has 0 atom stereocenters. The number of nitrogen functional groups attached to an aromatic ring is 1. The van der Waals surface area contributed by atoms with Gasteiger partial charge >= 0.3 is 0 Å². The summed E-state index contributed by atoms with van der Waals surface area (Å²) < 4.78 is 0. The lowest BCUT2D eigenvalue weighted by Crippen LogP contribution is -2.00. The molecule has 0 aliphatic rings. The van der Waals surface area contributed by atoms with Gasteiger partial charge in [0.05, 0.1) is 5.69 Å². The number of nitriles is 1. The average Bonchev–Trinajstić information content (AvgIpc) is 3.01. The number of hydrogen-bond acceptors (Lipinski definition) is 4. The minimum Gasteiger partial charge on any atom is -0.383 e. The molecule has 0 fully saturated rings. The fourth-order valence-corrected chi connectivity index (χ4v) is 2.05. The number of nitrogens with two attached hydrogens (primary N) is 1. The lowest BCUT2D eigenvalue weighted by atomic mass is 10.0. The van der Waals surface area contributed by atoms with Crippen LogP contribution in [0.25, 0.3) is 22.5 Å². The Morgan fingerprint density at radius 2 is 2.15 bits per heavy atom. The lowest BCUT2D eigenvalue weighted by molar-refractivity contribution is 1.27. The highest BCUT2D eigenvalue weighted by atomic mass is 14.9. The molecule has 0 saturated heterocycles. The Morgan fingerprint density at radius 1 is 1.25 bits per heavy atom. The second-order valence-corrected chi connectivity index (χ2v) is 4.25. The number of aromatic nitrogens is 3. The van der Waals surface area contributed by atoms with Crippen molar-refractivity contribution in [2.45, 2.75) is 0 Å². The van der Waals surface area contributed by atoms with Crippen molar-refractivity contribution in [3.63, 3.8) is 0 Å². The monoisotopic (exact) mass is 261 g/mol. The van der Waals surface area contributed by atoms with E-state index in [1.165, 1.54) is 0 Å². The standard InChI is InChI=1S/C15H11N5/c16-8-12-11(13-4-2-6-19-13)7-14(20-15(12)17)10-3-1-5-18-9-10/h1-7,9,19H,(H2,17,20). The van der Waals surface area contributed by atoms with Gasteiger partial charge in [-0.15, -0.1) is 0 Å². The summed E-state index contributed by atoms with van der Waals surface area (Å²) in [5.41, 5.74) is 9.41. The van der Waals surface area contributed by atoms with Gasteiger partial charge in [0.2, 0.25) is 0 Å². The van der Waals surface area contributed by atoms with E-state index in [9.17, 15) is 5.26 Å². The topological polar surface area (TPSA) is 91.4 Å². The molecular weight excluding hydrogens is 250 g/mol. The molecule has 3 aromatic rings. The Balaban J connectivity index is 2.24. The summed E-state index contributed by atoms with van der Waals surface area (Å²) in [7, 11) is 0. The van der Waals surface area contributed by atoms with Crippen molar-refractivity contribution in [3.8, 4) is 28.6 Å². The van der Waals surface area contributed by atoms with Crippen LogP contribution < -0.4 is 5.73 Å². The number of hydrogen-bond donors (Lipinski definition) is 2. The summed E-state index contributed by atoms with van der Waals surface area (Å²) in [6.07, 6.45) is 5.21. The number of pyridine rings is 2. The van der Waals surface area contributed by atoms with Gasteiger partial charge in [-0.25, -0.2) is 4.98 Å². The summed E-state index contributed by atoms with van der Waals surface area (Å²) in [5, 5.41) is 9.26. The molecular formula is C15H11N5. The molecule has 3 heterocycles. The largest absolute Gasteiger partial charge is 0.383 e. The van der Waals surface area contributed by atoms with Crippen molar-refractivity contribution in [3.05, 3.63) is 54.5 Å². The normalized spacial score (nSPS) is 10.2. The maximum absolute atomic E-state index is 9.26. The molecule has 0 spiro atoms. The molecule has 0 bridgehead atoms. The number of H-pyrrole nitrogens is 1. The molecule has 0 aliphatic carbocycles. The molecule has 3 N–H and O–H groups in total. The van der Waals surface area contributed by atoms with Crippen LogP contribution in [0.1, 0.15) is 5.56 Å². The van der Waals surface area contributed by atoms with Gasteiger partial charge in [-0.05, 0) is 30.3 Å². The van der Waals surface area contributed by atoms with E-state index in [1.54, 1.807) is 18.6 Å². The molecule has 3 aromatic heterocycles. The Hall–Kier alpha value is -3.13. The van der Waals surface area contributed by atoms with Gasteiger partial charge in [-0.3, -0.25) is 4.98 Å². The Labute approximate surface area is 115 Å². The van der Waals surface area contributed by atoms with Crippen LogP contribution in [0.3, 0.4) is 0 Å². The molecule has 0 unspecified atom stereocenters. The maximum atomic E-state index is 9.26. The zero-order chi connectivity index (χ0) is 13.9. The number of nitrogens with zero attached hydrogens (tertiary/aromatic N) is 3. The van der Waals surface area contributed by atoms with E-state index in [1.807, 2.05) is 30.3 Å². The smallest absolute Gasteiger partial charge is 0.142 e. The van der Waals surface area contributed by atoms with E-state index in [4.69, 9.17) is 5.73 Å². The van der Waals surface area contributed by atoms with Gasteiger partial charge < -0.3 is 10.7 Å². The van der Waals surface area contributed by atoms with Crippen LogP contribution in [0.15, 0.2) is 48.9 Å². The fraction of sp³-hybridized carbons (Fsp3) is 0. The number of aromatic amines is 1. The zero-order valence-corrected chi connectivity index (χ0v) is 10.5. The van der Waals surface area contributed by atoms with Crippen LogP contribution in [0.4, 0.5) is 5.82 Å². The Bertz CT molecular complexity index is 770. The van der Waals surface area contributed by atoms with Crippen LogP contribution >= 0.6 is 0 Å². The van der Waals surface area contributed by atoms with E-state index in [2.05, 4.69) is 21.0 Å².